The molecule has 2 nitrogen and oxygen atoms in total. The minimum absolute atomic E-state index is 0.283. The molecule has 2 unspecified atom stereocenters. The summed E-state index contributed by atoms with van der Waals surface area (Å²) >= 11 is 0. The summed E-state index contributed by atoms with van der Waals surface area (Å²) in [6.45, 7) is 2.15. The third-order valence-corrected chi connectivity index (χ3v) is 5.51. The molecule has 1 N–H and O–H groups in total. The number of hydrogen-bond acceptors (Lipinski definition) is 2. The number of hydrogen-bond donors (Lipinski definition) is 1. The Morgan fingerprint density at radius 3 is 2.06 bits per heavy atom. The second-order valence-corrected chi connectivity index (χ2v) is 6.53. The van der Waals surface area contributed by atoms with Gasteiger partial charge in [0.15, 0.2) is 0 Å². The van der Waals surface area contributed by atoms with Crippen molar-refractivity contribution in [2.75, 3.05) is 0 Å². The van der Waals surface area contributed by atoms with E-state index in [-0.39, 0.29) is 5.92 Å². The third-order valence-electron chi connectivity index (χ3n) is 5.51. The van der Waals surface area contributed by atoms with Crippen molar-refractivity contribution in [3.8, 4) is 6.07 Å². The Kier molecular flexibility index (Phi) is 4.33. The first-order chi connectivity index (χ1) is 8.65. The minimum atomic E-state index is -0.725. The molecule has 18 heavy (non-hydrogen) atoms. The lowest BCUT2D eigenvalue weighted by Gasteiger charge is -2.49. The molecule has 2 heteroatoms. The van der Waals surface area contributed by atoms with Gasteiger partial charge in [0.05, 0.1) is 17.1 Å². The number of nitrogens with zero attached hydrogens (tertiary/aromatic N) is 1. The second-order valence-electron chi connectivity index (χ2n) is 6.53. The molecule has 2 rings (SSSR count). The highest BCUT2D eigenvalue weighted by Crippen LogP contribution is 2.51. The summed E-state index contributed by atoms with van der Waals surface area (Å²) in [5.74, 6) is 0.283. The van der Waals surface area contributed by atoms with Crippen LogP contribution in [0, 0.1) is 22.7 Å². The summed E-state index contributed by atoms with van der Waals surface area (Å²) < 4.78 is 0. The highest BCUT2D eigenvalue weighted by Gasteiger charge is 2.53. The van der Waals surface area contributed by atoms with Gasteiger partial charge in [0.25, 0.3) is 0 Å². The standard InChI is InChI=1S/C16H27NO/c1-14-9-5-8-12-16(14,18)15(13-17)10-6-3-2-4-7-11-15/h14,18H,2-12H2,1H3. The molecule has 0 aromatic heterocycles. The zero-order valence-corrected chi connectivity index (χ0v) is 11.7. The van der Waals surface area contributed by atoms with Crippen LogP contribution in [0.25, 0.3) is 0 Å². The maximum absolute atomic E-state index is 11.2. The van der Waals surface area contributed by atoms with E-state index in [0.29, 0.717) is 0 Å². The summed E-state index contributed by atoms with van der Waals surface area (Å²) in [5.41, 5.74) is -1.19. The van der Waals surface area contributed by atoms with E-state index in [1.807, 2.05) is 0 Å². The summed E-state index contributed by atoms with van der Waals surface area (Å²) in [7, 11) is 0. The van der Waals surface area contributed by atoms with E-state index in [9.17, 15) is 10.4 Å². The van der Waals surface area contributed by atoms with Gasteiger partial charge in [-0.3, -0.25) is 0 Å². The van der Waals surface area contributed by atoms with Crippen LogP contribution in [0.1, 0.15) is 77.6 Å². The third kappa shape index (κ3) is 2.30. The van der Waals surface area contributed by atoms with Crippen molar-refractivity contribution in [1.29, 1.82) is 5.26 Å². The number of aliphatic hydroxyl groups is 1. The summed E-state index contributed by atoms with van der Waals surface area (Å²) in [4.78, 5) is 0. The predicted molar refractivity (Wildman–Crippen MR) is 72.9 cm³/mol. The zero-order valence-electron chi connectivity index (χ0n) is 11.7. The van der Waals surface area contributed by atoms with Gasteiger partial charge >= 0.3 is 0 Å². The van der Waals surface area contributed by atoms with Gasteiger partial charge < -0.3 is 5.11 Å². The molecule has 0 radical (unpaired) electrons. The summed E-state index contributed by atoms with van der Waals surface area (Å²) in [5, 5.41) is 21.0. The maximum Gasteiger partial charge on any atom is 0.0862 e. The van der Waals surface area contributed by atoms with E-state index >= 15 is 0 Å². The molecule has 2 aliphatic carbocycles. The largest absolute Gasteiger partial charge is 0.388 e. The van der Waals surface area contributed by atoms with Crippen molar-refractivity contribution in [2.24, 2.45) is 11.3 Å². The van der Waals surface area contributed by atoms with E-state index in [1.54, 1.807) is 0 Å². The van der Waals surface area contributed by atoms with Gasteiger partial charge in [-0.15, -0.1) is 0 Å². The molecule has 2 fully saturated rings. The lowest BCUT2D eigenvalue weighted by atomic mass is 9.57. The molecule has 0 aliphatic heterocycles. The highest BCUT2D eigenvalue weighted by molar-refractivity contribution is 5.14. The van der Waals surface area contributed by atoms with Crippen LogP contribution in [-0.2, 0) is 0 Å². The first-order valence-corrected chi connectivity index (χ1v) is 7.78. The lowest BCUT2D eigenvalue weighted by Crippen LogP contribution is -2.54. The molecule has 0 aromatic rings. The smallest absolute Gasteiger partial charge is 0.0862 e. The second kappa shape index (κ2) is 5.61. The zero-order chi connectivity index (χ0) is 13.1. The Bertz CT molecular complexity index is 312. The number of rotatable bonds is 1. The molecule has 2 saturated carbocycles. The molecule has 2 aliphatic rings. The molecule has 0 heterocycles. The summed E-state index contributed by atoms with van der Waals surface area (Å²) in [6, 6.07) is 2.58. The van der Waals surface area contributed by atoms with Gasteiger partial charge in [-0.2, -0.15) is 5.26 Å². The highest BCUT2D eigenvalue weighted by atomic mass is 16.3. The van der Waals surface area contributed by atoms with Crippen LogP contribution in [0.4, 0.5) is 0 Å². The van der Waals surface area contributed by atoms with Crippen LogP contribution in [0.3, 0.4) is 0 Å². The van der Waals surface area contributed by atoms with Gasteiger partial charge in [-0.05, 0) is 31.6 Å². The van der Waals surface area contributed by atoms with Crippen LogP contribution in [0.15, 0.2) is 0 Å². The monoisotopic (exact) mass is 249 g/mol. The van der Waals surface area contributed by atoms with Crippen LogP contribution < -0.4 is 0 Å². The quantitative estimate of drug-likeness (QED) is 0.757. The van der Waals surface area contributed by atoms with Gasteiger partial charge in [0.2, 0.25) is 0 Å². The Morgan fingerprint density at radius 2 is 1.50 bits per heavy atom. The van der Waals surface area contributed by atoms with Gasteiger partial charge in [0.1, 0.15) is 0 Å². The molecule has 0 amide bonds. The molecule has 2 atom stereocenters. The van der Waals surface area contributed by atoms with Crippen molar-refractivity contribution in [1.82, 2.24) is 0 Å². The van der Waals surface area contributed by atoms with E-state index in [0.717, 1.165) is 44.9 Å². The van der Waals surface area contributed by atoms with Gasteiger partial charge in [-0.25, -0.2) is 0 Å². The first-order valence-electron chi connectivity index (χ1n) is 7.78. The molecule has 0 saturated heterocycles. The molecule has 0 spiro atoms. The molecular formula is C16H27NO. The Labute approximate surface area is 111 Å². The van der Waals surface area contributed by atoms with Crippen molar-refractivity contribution < 1.29 is 5.11 Å². The van der Waals surface area contributed by atoms with Crippen molar-refractivity contribution in [2.45, 2.75) is 83.2 Å². The Balaban J connectivity index is 2.25. The van der Waals surface area contributed by atoms with Crippen LogP contribution in [0.5, 0.6) is 0 Å². The summed E-state index contributed by atoms with van der Waals surface area (Å²) in [6.07, 6.45) is 12.0. The fraction of sp³-hybridized carbons (Fsp3) is 0.938. The average Bonchev–Trinajstić information content (AvgIpc) is 2.33. The van der Waals surface area contributed by atoms with E-state index in [2.05, 4.69) is 13.0 Å². The normalized spacial score (nSPS) is 37.3. The maximum atomic E-state index is 11.2. The SMILES string of the molecule is CC1CCCCC1(O)C1(C#N)CCCCCCC1. The minimum Gasteiger partial charge on any atom is -0.388 e. The molecular weight excluding hydrogens is 222 g/mol. The van der Waals surface area contributed by atoms with Crippen LogP contribution in [0.2, 0.25) is 0 Å². The van der Waals surface area contributed by atoms with Gasteiger partial charge in [0, 0.05) is 0 Å². The molecule has 0 bridgehead atoms. The lowest BCUT2D eigenvalue weighted by molar-refractivity contribution is -0.128. The van der Waals surface area contributed by atoms with Crippen molar-refractivity contribution >= 4 is 0 Å². The van der Waals surface area contributed by atoms with Crippen molar-refractivity contribution in [3.05, 3.63) is 0 Å². The van der Waals surface area contributed by atoms with Crippen LogP contribution >= 0.6 is 0 Å². The Morgan fingerprint density at radius 1 is 0.944 bits per heavy atom. The topological polar surface area (TPSA) is 44.0 Å². The van der Waals surface area contributed by atoms with Gasteiger partial charge in [-0.1, -0.05) is 51.9 Å². The first kappa shape index (κ1) is 13.9. The van der Waals surface area contributed by atoms with Crippen LogP contribution in [-0.4, -0.2) is 10.7 Å². The fourth-order valence-electron chi connectivity index (χ4n) is 4.19. The van der Waals surface area contributed by atoms with E-state index in [1.165, 1.54) is 25.7 Å². The predicted octanol–water partition coefficient (Wildman–Crippen LogP) is 4.18. The van der Waals surface area contributed by atoms with E-state index < -0.39 is 11.0 Å². The fourth-order valence-corrected chi connectivity index (χ4v) is 4.19. The number of nitriles is 1. The van der Waals surface area contributed by atoms with Crippen molar-refractivity contribution in [3.63, 3.8) is 0 Å². The Hall–Kier alpha value is -0.550. The molecule has 0 aromatic carbocycles. The average molecular weight is 249 g/mol. The van der Waals surface area contributed by atoms with E-state index in [4.69, 9.17) is 0 Å². The molecule has 102 valence electrons.